The van der Waals surface area contributed by atoms with Crippen molar-refractivity contribution in [3.8, 4) is 0 Å². The molecule has 0 aromatic heterocycles. The molecule has 0 bridgehead atoms. The molecule has 0 saturated carbocycles. The van der Waals surface area contributed by atoms with E-state index >= 15 is 0 Å². The predicted molar refractivity (Wildman–Crippen MR) is 88.9 cm³/mol. The van der Waals surface area contributed by atoms with Crippen LogP contribution in [0.2, 0.25) is 0 Å². The molecule has 2 aromatic rings. The summed E-state index contributed by atoms with van der Waals surface area (Å²) in [6.45, 7) is 2.11. The van der Waals surface area contributed by atoms with Crippen molar-refractivity contribution in [2.75, 3.05) is 13.1 Å². The Bertz CT molecular complexity index is 731. The molecule has 118 valence electrons. The molecule has 2 atom stereocenters. The molecule has 2 aliphatic rings. The van der Waals surface area contributed by atoms with Gasteiger partial charge in [-0.1, -0.05) is 54.6 Å². The minimum absolute atomic E-state index is 0.00139. The van der Waals surface area contributed by atoms with Crippen LogP contribution >= 0.6 is 0 Å². The minimum atomic E-state index is -0.816. The van der Waals surface area contributed by atoms with Gasteiger partial charge in [0.1, 0.15) is 0 Å². The van der Waals surface area contributed by atoms with E-state index < -0.39 is 5.54 Å². The molecule has 4 nitrogen and oxygen atoms in total. The third kappa shape index (κ3) is 2.34. The first-order chi connectivity index (χ1) is 11.2. The van der Waals surface area contributed by atoms with Crippen LogP contribution < -0.4 is 0 Å². The van der Waals surface area contributed by atoms with Crippen LogP contribution in [0.5, 0.6) is 0 Å². The quantitative estimate of drug-likeness (QED) is 0.646. The van der Waals surface area contributed by atoms with Crippen LogP contribution in [0, 0.1) is 10.1 Å². The third-order valence-corrected chi connectivity index (χ3v) is 5.46. The third-order valence-electron chi connectivity index (χ3n) is 5.46. The fraction of sp³-hybridized carbons (Fsp3) is 0.368. The Labute approximate surface area is 135 Å². The van der Waals surface area contributed by atoms with Crippen LogP contribution in [-0.2, 0) is 13.0 Å². The Morgan fingerprint density at radius 2 is 1.87 bits per heavy atom. The summed E-state index contributed by atoms with van der Waals surface area (Å²) in [6, 6.07) is 18.5. The van der Waals surface area contributed by atoms with Crippen molar-refractivity contribution in [1.29, 1.82) is 0 Å². The zero-order valence-corrected chi connectivity index (χ0v) is 13.0. The van der Waals surface area contributed by atoms with Crippen molar-refractivity contribution < 1.29 is 4.92 Å². The molecule has 23 heavy (non-hydrogen) atoms. The van der Waals surface area contributed by atoms with E-state index in [1.807, 2.05) is 30.3 Å². The van der Waals surface area contributed by atoms with Crippen molar-refractivity contribution in [3.63, 3.8) is 0 Å². The lowest BCUT2D eigenvalue weighted by atomic mass is 9.72. The smallest absolute Gasteiger partial charge is 0.242 e. The average Bonchev–Trinajstić information content (AvgIpc) is 2.96. The first-order valence-corrected chi connectivity index (χ1v) is 8.18. The first kappa shape index (κ1) is 14.4. The minimum Gasteiger partial charge on any atom is -0.291 e. The Balaban J connectivity index is 1.66. The number of nitrogens with zero attached hydrogens (tertiary/aromatic N) is 2. The van der Waals surface area contributed by atoms with Crippen molar-refractivity contribution in [3.05, 3.63) is 81.4 Å². The lowest BCUT2D eigenvalue weighted by Gasteiger charge is -2.32. The fourth-order valence-corrected chi connectivity index (χ4v) is 4.32. The largest absolute Gasteiger partial charge is 0.291 e. The zero-order chi connectivity index (χ0) is 15.9. The summed E-state index contributed by atoms with van der Waals surface area (Å²) >= 11 is 0. The van der Waals surface area contributed by atoms with Crippen molar-refractivity contribution in [1.82, 2.24) is 4.90 Å². The Morgan fingerprint density at radius 1 is 1.13 bits per heavy atom. The van der Waals surface area contributed by atoms with Crippen LogP contribution in [-0.4, -0.2) is 28.5 Å². The Hall–Kier alpha value is -2.20. The molecular weight excluding hydrogens is 288 g/mol. The predicted octanol–water partition coefficient (Wildman–Crippen LogP) is 3.25. The molecule has 1 heterocycles. The van der Waals surface area contributed by atoms with E-state index in [1.54, 1.807) is 0 Å². The maximum Gasteiger partial charge on any atom is 0.242 e. The normalized spacial score (nSPS) is 26.5. The summed E-state index contributed by atoms with van der Waals surface area (Å²) in [5.74, 6) is 0.00571. The summed E-state index contributed by atoms with van der Waals surface area (Å²) in [7, 11) is 0. The topological polar surface area (TPSA) is 46.4 Å². The number of aryl methyl sites for hydroxylation is 1. The highest BCUT2D eigenvalue weighted by atomic mass is 16.6. The van der Waals surface area contributed by atoms with Crippen molar-refractivity contribution in [2.24, 2.45) is 0 Å². The summed E-state index contributed by atoms with van der Waals surface area (Å²) < 4.78 is 0. The molecule has 1 fully saturated rings. The van der Waals surface area contributed by atoms with Gasteiger partial charge in [0.25, 0.3) is 0 Å². The monoisotopic (exact) mass is 308 g/mol. The van der Waals surface area contributed by atoms with Gasteiger partial charge >= 0.3 is 0 Å². The maximum atomic E-state index is 11.9. The molecule has 4 heteroatoms. The second kappa shape index (κ2) is 5.46. The SMILES string of the molecule is O=[N+]([O-])[C@@]12CCc3ccccc3[C@@H]1CN(Cc1ccccc1)C2. The molecular formula is C19H20N2O2. The number of likely N-dealkylation sites (tertiary alicyclic amines) is 1. The van der Waals surface area contributed by atoms with Crippen LogP contribution in [0.4, 0.5) is 0 Å². The summed E-state index contributed by atoms with van der Waals surface area (Å²) in [5, 5.41) is 11.9. The number of benzene rings is 2. The summed E-state index contributed by atoms with van der Waals surface area (Å²) in [6.07, 6.45) is 1.46. The molecule has 1 aliphatic carbocycles. The molecule has 0 spiro atoms. The molecule has 1 saturated heterocycles. The number of nitro groups is 1. The van der Waals surface area contributed by atoms with Gasteiger partial charge < -0.3 is 0 Å². The van der Waals surface area contributed by atoms with Gasteiger partial charge in [0.15, 0.2) is 0 Å². The number of rotatable bonds is 3. The maximum absolute atomic E-state index is 11.9. The molecule has 2 aromatic carbocycles. The zero-order valence-electron chi connectivity index (χ0n) is 13.0. The van der Waals surface area contributed by atoms with Crippen LogP contribution in [0.15, 0.2) is 54.6 Å². The molecule has 4 rings (SSSR count). The van der Waals surface area contributed by atoms with Gasteiger partial charge in [-0.05, 0) is 23.1 Å². The van der Waals surface area contributed by atoms with Gasteiger partial charge in [-0.25, -0.2) is 0 Å². The average molecular weight is 308 g/mol. The lowest BCUT2D eigenvalue weighted by Crippen LogP contribution is -2.47. The molecule has 0 unspecified atom stereocenters. The van der Waals surface area contributed by atoms with Crippen LogP contribution in [0.25, 0.3) is 0 Å². The van der Waals surface area contributed by atoms with Crippen molar-refractivity contribution >= 4 is 0 Å². The van der Waals surface area contributed by atoms with Crippen molar-refractivity contribution in [2.45, 2.75) is 30.8 Å². The van der Waals surface area contributed by atoms with E-state index in [4.69, 9.17) is 0 Å². The number of fused-ring (bicyclic) bond motifs is 3. The Kier molecular flexibility index (Phi) is 3.42. The van der Waals surface area contributed by atoms with E-state index in [0.29, 0.717) is 13.0 Å². The summed E-state index contributed by atoms with van der Waals surface area (Å²) in [4.78, 5) is 14.2. The Morgan fingerprint density at radius 3 is 2.65 bits per heavy atom. The van der Waals surface area contributed by atoms with Gasteiger partial charge in [0.2, 0.25) is 5.54 Å². The highest BCUT2D eigenvalue weighted by molar-refractivity contribution is 5.38. The molecule has 1 aliphatic heterocycles. The van der Waals surface area contributed by atoms with E-state index in [2.05, 4.69) is 29.2 Å². The number of hydrogen-bond acceptors (Lipinski definition) is 3. The highest BCUT2D eigenvalue weighted by Gasteiger charge is 2.58. The first-order valence-electron chi connectivity index (χ1n) is 8.18. The van der Waals surface area contributed by atoms with Gasteiger partial charge in [-0.15, -0.1) is 0 Å². The van der Waals surface area contributed by atoms with E-state index in [0.717, 1.165) is 19.5 Å². The summed E-state index contributed by atoms with van der Waals surface area (Å²) in [5.41, 5.74) is 2.88. The molecule has 0 N–H and O–H groups in total. The van der Waals surface area contributed by atoms with Gasteiger partial charge in [0.05, 0.1) is 12.5 Å². The second-order valence-corrected chi connectivity index (χ2v) is 6.77. The van der Waals surface area contributed by atoms with Gasteiger partial charge in [-0.3, -0.25) is 15.0 Å². The number of hydrogen-bond donors (Lipinski definition) is 0. The van der Waals surface area contributed by atoms with E-state index in [-0.39, 0.29) is 10.8 Å². The highest BCUT2D eigenvalue weighted by Crippen LogP contribution is 2.46. The van der Waals surface area contributed by atoms with Gasteiger partial charge in [0, 0.05) is 24.4 Å². The van der Waals surface area contributed by atoms with E-state index in [1.165, 1.54) is 16.7 Å². The molecule has 0 radical (unpaired) electrons. The second-order valence-electron chi connectivity index (χ2n) is 6.77. The fourth-order valence-electron chi connectivity index (χ4n) is 4.32. The molecule has 0 amide bonds. The van der Waals surface area contributed by atoms with Crippen LogP contribution in [0.1, 0.15) is 29.0 Å². The van der Waals surface area contributed by atoms with Crippen LogP contribution in [0.3, 0.4) is 0 Å². The standard InChI is InChI=1S/C19H20N2O2/c22-21(23)19-11-10-16-8-4-5-9-17(16)18(19)13-20(14-19)12-15-6-2-1-3-7-15/h1-9,18H,10-14H2/t18-,19+/m0/s1. The van der Waals surface area contributed by atoms with E-state index in [9.17, 15) is 10.1 Å². The lowest BCUT2D eigenvalue weighted by molar-refractivity contribution is -0.571. The van der Waals surface area contributed by atoms with Gasteiger partial charge in [-0.2, -0.15) is 0 Å².